The normalized spacial score (nSPS) is 13.2. The topological polar surface area (TPSA) is 108 Å². The van der Waals surface area contributed by atoms with E-state index in [1.165, 1.54) is 212 Å². The van der Waals surface area contributed by atoms with Gasteiger partial charge in [-0.1, -0.05) is 361 Å². The Morgan fingerprint density at radius 2 is 0.620 bits per heavy atom. The van der Waals surface area contributed by atoms with E-state index in [1.54, 1.807) is 0 Å². The van der Waals surface area contributed by atoms with Crippen LogP contribution in [0.25, 0.3) is 0 Å². The molecule has 9 nitrogen and oxygen atoms in total. The van der Waals surface area contributed by atoms with E-state index in [4.69, 9.17) is 18.9 Å². The van der Waals surface area contributed by atoms with Gasteiger partial charge in [0.2, 0.25) is 0 Å². The zero-order chi connectivity index (χ0) is 66.8. The molecule has 1 N–H and O–H groups in total. The van der Waals surface area contributed by atoms with E-state index in [-0.39, 0.29) is 32.2 Å². The number of unbranched alkanes of at least 4 members (excludes halogenated alkanes) is 41. The second-order valence-electron chi connectivity index (χ2n) is 27.3. The van der Waals surface area contributed by atoms with Gasteiger partial charge in [0.1, 0.15) is 13.2 Å². The number of likely N-dealkylation sites (N-methyl/N-ethyl adjacent to an activating group) is 1. The number of esters is 2. The summed E-state index contributed by atoms with van der Waals surface area (Å²) in [5.74, 6) is -2.01. The van der Waals surface area contributed by atoms with E-state index < -0.39 is 24.3 Å². The van der Waals surface area contributed by atoms with E-state index in [2.05, 4.69) is 111 Å². The highest BCUT2D eigenvalue weighted by atomic mass is 16.7. The van der Waals surface area contributed by atoms with Gasteiger partial charge in [-0.15, -0.1) is 0 Å². The zero-order valence-corrected chi connectivity index (χ0v) is 60.9. The molecule has 0 aliphatic heterocycles. The molecule has 0 radical (unpaired) electrons. The maximum absolute atomic E-state index is 13.0. The standard InChI is InChI=1S/C83H147NO8/c1-6-8-10-12-14-16-18-20-22-24-26-28-30-32-34-36-38-39-40-41-42-44-45-47-49-51-53-55-57-59-61-63-65-67-69-71-73-80(85)90-77-79(78-91-83(82(87)88)89-76-75-84(3,4)5)92-81(86)74-72-70-68-66-64-62-60-58-56-54-52-50-48-46-43-37-35-33-31-29-27-25-23-21-19-17-15-13-11-9-7-2/h9,11,15,17,21,23,27,29,33,35,43,46,50,52,56,58,79,83H,6-8,10,12-14,16,18-20,22,24-26,28,30-32,34,36-42,44-45,47-49,51,53-55,57,59-78H2,1-5H3/p+1/b11-9-,17-15-,23-21-,29-27-,35-33-,46-43-,52-50-,58-56-. The molecule has 0 saturated carbocycles. The maximum atomic E-state index is 13.0. The molecular formula is C83H148NO8+. The van der Waals surface area contributed by atoms with Crippen molar-refractivity contribution >= 4 is 17.9 Å². The number of carbonyl (C=O) groups excluding carboxylic acids is 2. The van der Waals surface area contributed by atoms with Gasteiger partial charge in [0, 0.05) is 12.8 Å². The van der Waals surface area contributed by atoms with E-state index in [0.29, 0.717) is 23.9 Å². The molecule has 0 aromatic rings. The molecule has 0 spiro atoms. The van der Waals surface area contributed by atoms with Crippen LogP contribution >= 0.6 is 0 Å². The van der Waals surface area contributed by atoms with E-state index in [0.717, 1.165) is 109 Å². The summed E-state index contributed by atoms with van der Waals surface area (Å²) in [4.78, 5) is 37.7. The molecule has 9 heteroatoms. The minimum absolute atomic E-state index is 0.181. The molecule has 0 saturated heterocycles. The van der Waals surface area contributed by atoms with Crippen LogP contribution in [0.2, 0.25) is 0 Å². The third-order valence-corrected chi connectivity index (χ3v) is 17.1. The minimum atomic E-state index is -1.52. The number of hydrogen-bond donors (Lipinski definition) is 1. The summed E-state index contributed by atoms with van der Waals surface area (Å²) in [6.45, 7) is 4.79. The Balaban J connectivity index is 4.06. The van der Waals surface area contributed by atoms with Crippen molar-refractivity contribution < 1.29 is 42.9 Å². The lowest BCUT2D eigenvalue weighted by Crippen LogP contribution is -2.40. The molecule has 532 valence electrons. The lowest BCUT2D eigenvalue weighted by Gasteiger charge is -2.25. The van der Waals surface area contributed by atoms with Crippen LogP contribution in [0.4, 0.5) is 0 Å². The lowest BCUT2D eigenvalue weighted by atomic mass is 10.0. The van der Waals surface area contributed by atoms with Crippen molar-refractivity contribution in [2.75, 3.05) is 47.5 Å². The van der Waals surface area contributed by atoms with Crippen LogP contribution in [-0.2, 0) is 33.3 Å². The van der Waals surface area contributed by atoms with Gasteiger partial charge < -0.3 is 28.5 Å². The van der Waals surface area contributed by atoms with Crippen LogP contribution in [0.15, 0.2) is 97.2 Å². The second-order valence-corrected chi connectivity index (χ2v) is 27.3. The van der Waals surface area contributed by atoms with Crippen LogP contribution in [0.3, 0.4) is 0 Å². The summed E-state index contributed by atoms with van der Waals surface area (Å²) in [6.07, 6.45) is 98.4. The molecule has 2 unspecified atom stereocenters. The summed E-state index contributed by atoms with van der Waals surface area (Å²) in [5, 5.41) is 9.76. The van der Waals surface area contributed by atoms with Crippen LogP contribution in [-0.4, -0.2) is 87.4 Å². The van der Waals surface area contributed by atoms with Crippen molar-refractivity contribution in [2.45, 2.75) is 367 Å². The predicted molar refractivity (Wildman–Crippen MR) is 396 cm³/mol. The number of hydrogen-bond acceptors (Lipinski definition) is 7. The average molecular weight is 1290 g/mol. The largest absolute Gasteiger partial charge is 0.477 e. The molecule has 0 aromatic heterocycles. The molecule has 0 amide bonds. The third kappa shape index (κ3) is 73.6. The maximum Gasteiger partial charge on any atom is 0.361 e. The zero-order valence-electron chi connectivity index (χ0n) is 60.9. The Morgan fingerprint density at radius 3 is 0.924 bits per heavy atom. The molecule has 92 heavy (non-hydrogen) atoms. The van der Waals surface area contributed by atoms with Crippen molar-refractivity contribution in [3.05, 3.63) is 97.2 Å². The van der Waals surface area contributed by atoms with E-state index in [1.807, 2.05) is 21.1 Å². The lowest BCUT2D eigenvalue weighted by molar-refractivity contribution is -0.870. The van der Waals surface area contributed by atoms with Crippen molar-refractivity contribution in [1.29, 1.82) is 0 Å². The first kappa shape index (κ1) is 88.2. The first-order valence-corrected chi connectivity index (χ1v) is 38.9. The highest BCUT2D eigenvalue weighted by Gasteiger charge is 2.25. The number of rotatable bonds is 72. The number of carboxylic acid groups (broad SMARTS) is 1. The molecule has 0 rings (SSSR count). The first-order valence-electron chi connectivity index (χ1n) is 38.9. The summed E-state index contributed by atoms with van der Waals surface area (Å²) in [5.41, 5.74) is 0. The van der Waals surface area contributed by atoms with Crippen LogP contribution < -0.4 is 0 Å². The van der Waals surface area contributed by atoms with E-state index >= 15 is 0 Å². The van der Waals surface area contributed by atoms with Crippen molar-refractivity contribution in [3.8, 4) is 0 Å². The molecule has 0 aromatic carbocycles. The number of ether oxygens (including phenoxy) is 4. The van der Waals surface area contributed by atoms with Crippen molar-refractivity contribution in [2.24, 2.45) is 0 Å². The Hall–Kier alpha value is -3.79. The second kappa shape index (κ2) is 73.0. The fourth-order valence-corrected chi connectivity index (χ4v) is 11.2. The van der Waals surface area contributed by atoms with Crippen molar-refractivity contribution in [3.63, 3.8) is 0 Å². The number of carboxylic acids is 1. The van der Waals surface area contributed by atoms with Gasteiger partial charge in [0.25, 0.3) is 6.29 Å². The Bertz CT molecular complexity index is 1840. The van der Waals surface area contributed by atoms with Gasteiger partial charge in [-0.2, -0.15) is 0 Å². The highest BCUT2D eigenvalue weighted by molar-refractivity contribution is 5.71. The fourth-order valence-electron chi connectivity index (χ4n) is 11.2. The Kier molecular flexibility index (Phi) is 70.0. The van der Waals surface area contributed by atoms with Gasteiger partial charge in [-0.25, -0.2) is 4.79 Å². The SMILES string of the molecule is CC/C=C\C/C=C\C/C=C\C/C=C\C/C=C\C/C=C\C/C=C\C/C=C\CCCCCCCCC(=O)OC(COC(=O)CCCCCCCCCCCCCCCCCCCCCCCCCCCCCCCCCCCCCC)COC(OCC[N+](C)(C)C)C(=O)O. The van der Waals surface area contributed by atoms with Crippen LogP contribution in [0, 0.1) is 0 Å². The fraction of sp³-hybridized carbons (Fsp3) is 0.771. The summed E-state index contributed by atoms with van der Waals surface area (Å²) in [6, 6.07) is 0. The Morgan fingerprint density at radius 1 is 0.337 bits per heavy atom. The molecule has 0 bridgehead atoms. The smallest absolute Gasteiger partial charge is 0.361 e. The minimum Gasteiger partial charge on any atom is -0.477 e. The highest BCUT2D eigenvalue weighted by Crippen LogP contribution is 2.19. The number of nitrogens with zero attached hydrogens (tertiary/aromatic N) is 1. The quantitative estimate of drug-likeness (QED) is 0.0211. The third-order valence-electron chi connectivity index (χ3n) is 17.1. The van der Waals surface area contributed by atoms with Crippen LogP contribution in [0.5, 0.6) is 0 Å². The Labute approximate surface area is 569 Å². The van der Waals surface area contributed by atoms with Crippen LogP contribution in [0.1, 0.15) is 354 Å². The molecular weight excluding hydrogens is 1140 g/mol. The molecule has 0 aliphatic rings. The first-order chi connectivity index (χ1) is 45.1. The van der Waals surface area contributed by atoms with Gasteiger partial charge in [-0.05, 0) is 77.0 Å². The average Bonchev–Trinajstić information content (AvgIpc) is 3.70. The van der Waals surface area contributed by atoms with Gasteiger partial charge in [-0.3, -0.25) is 9.59 Å². The van der Waals surface area contributed by atoms with Gasteiger partial charge >= 0.3 is 17.9 Å². The number of allylic oxidation sites excluding steroid dienone is 16. The number of carbonyl (C=O) groups is 3. The molecule has 0 fully saturated rings. The number of quaternary nitrogens is 1. The molecule has 2 atom stereocenters. The summed E-state index contributed by atoms with van der Waals surface area (Å²) >= 11 is 0. The molecule has 0 aliphatic carbocycles. The summed E-state index contributed by atoms with van der Waals surface area (Å²) < 4.78 is 23.0. The molecule has 0 heterocycles. The number of aliphatic carboxylic acids is 1. The van der Waals surface area contributed by atoms with Gasteiger partial charge in [0.15, 0.2) is 6.10 Å². The van der Waals surface area contributed by atoms with Gasteiger partial charge in [0.05, 0.1) is 34.4 Å². The monoisotopic (exact) mass is 1290 g/mol. The van der Waals surface area contributed by atoms with E-state index in [9.17, 15) is 19.5 Å². The summed E-state index contributed by atoms with van der Waals surface area (Å²) in [7, 11) is 5.98. The van der Waals surface area contributed by atoms with Crippen molar-refractivity contribution in [1.82, 2.24) is 0 Å². The predicted octanol–water partition coefficient (Wildman–Crippen LogP) is 24.8.